The molecule has 5 heteroatoms. The predicted octanol–water partition coefficient (Wildman–Crippen LogP) is 4.58. The van der Waals surface area contributed by atoms with Crippen LogP contribution in [0.5, 0.6) is 0 Å². The van der Waals surface area contributed by atoms with Crippen LogP contribution in [0.4, 0.5) is 0 Å². The summed E-state index contributed by atoms with van der Waals surface area (Å²) in [5, 5.41) is 0. The number of methoxy groups -OCH3 is 1. The number of amides is 1. The lowest BCUT2D eigenvalue weighted by Gasteiger charge is -2.31. The molecule has 1 fully saturated rings. The highest BCUT2D eigenvalue weighted by Gasteiger charge is 2.23. The molecule has 0 atom stereocenters. The van der Waals surface area contributed by atoms with Crippen molar-refractivity contribution in [3.8, 4) is 22.6 Å². The molecule has 0 saturated carbocycles. The van der Waals surface area contributed by atoms with Gasteiger partial charge in [-0.2, -0.15) is 0 Å². The second-order valence-electron chi connectivity index (χ2n) is 7.33. The number of rotatable bonds is 6. The fourth-order valence-electron chi connectivity index (χ4n) is 3.76. The maximum Gasteiger partial charge on any atom is 0.223 e. The summed E-state index contributed by atoms with van der Waals surface area (Å²) in [7, 11) is 1.74. The van der Waals surface area contributed by atoms with E-state index < -0.39 is 0 Å². The van der Waals surface area contributed by atoms with Crippen LogP contribution in [-0.2, 0) is 16.0 Å². The number of piperidine rings is 1. The molecule has 4 rings (SSSR count). The Balaban J connectivity index is 1.50. The molecule has 1 aliphatic heterocycles. The summed E-state index contributed by atoms with van der Waals surface area (Å²) in [5.74, 6) is 1.50. The molecule has 0 N–H and O–H groups in total. The quantitative estimate of drug-likeness (QED) is 0.618. The van der Waals surface area contributed by atoms with Crippen LogP contribution in [0.1, 0.15) is 25.2 Å². The van der Waals surface area contributed by atoms with Gasteiger partial charge in [-0.25, -0.2) is 4.98 Å². The number of nitrogens with zero attached hydrogens (tertiary/aromatic N) is 2. The summed E-state index contributed by atoms with van der Waals surface area (Å²) in [6.45, 7) is 1.51. The normalized spacial score (nSPS) is 14.9. The zero-order chi connectivity index (χ0) is 20.1. The molecule has 1 amide bonds. The Kier molecular flexibility index (Phi) is 6.06. The number of hydrogen-bond donors (Lipinski definition) is 0. The van der Waals surface area contributed by atoms with E-state index in [9.17, 15) is 4.79 Å². The minimum Gasteiger partial charge on any atom is -0.440 e. The van der Waals surface area contributed by atoms with Crippen LogP contribution in [-0.4, -0.2) is 42.1 Å². The van der Waals surface area contributed by atoms with E-state index in [4.69, 9.17) is 14.1 Å². The fourth-order valence-corrected chi connectivity index (χ4v) is 3.76. The molecular formula is C24H26N2O3. The second-order valence-corrected chi connectivity index (χ2v) is 7.33. The van der Waals surface area contributed by atoms with Crippen molar-refractivity contribution in [2.24, 2.45) is 0 Å². The molecule has 3 aromatic rings. The maximum atomic E-state index is 12.6. The molecule has 1 saturated heterocycles. The molecule has 0 spiro atoms. The predicted molar refractivity (Wildman–Crippen MR) is 112 cm³/mol. The van der Waals surface area contributed by atoms with Crippen molar-refractivity contribution in [1.82, 2.24) is 9.88 Å². The Hall–Kier alpha value is -2.92. The van der Waals surface area contributed by atoms with Gasteiger partial charge in [-0.1, -0.05) is 60.7 Å². The molecule has 0 bridgehead atoms. The smallest absolute Gasteiger partial charge is 0.223 e. The summed E-state index contributed by atoms with van der Waals surface area (Å²) in [6, 6.07) is 20.0. The van der Waals surface area contributed by atoms with Gasteiger partial charge in [0.15, 0.2) is 11.7 Å². The molecule has 1 aliphatic rings. The van der Waals surface area contributed by atoms with E-state index in [1.165, 1.54) is 0 Å². The molecule has 0 aliphatic carbocycles. The lowest BCUT2D eigenvalue weighted by atomic mass is 10.1. The minimum absolute atomic E-state index is 0.153. The summed E-state index contributed by atoms with van der Waals surface area (Å²) >= 11 is 0. The van der Waals surface area contributed by atoms with E-state index in [1.54, 1.807) is 7.11 Å². The highest BCUT2D eigenvalue weighted by atomic mass is 16.5. The fraction of sp³-hybridized carbons (Fsp3) is 0.333. The van der Waals surface area contributed by atoms with Crippen LogP contribution < -0.4 is 0 Å². The van der Waals surface area contributed by atoms with Gasteiger partial charge in [-0.3, -0.25) is 4.79 Å². The van der Waals surface area contributed by atoms with Crippen LogP contribution in [0, 0.1) is 0 Å². The zero-order valence-corrected chi connectivity index (χ0v) is 16.7. The van der Waals surface area contributed by atoms with Gasteiger partial charge in [0, 0.05) is 44.2 Å². The second kappa shape index (κ2) is 9.05. The topological polar surface area (TPSA) is 55.6 Å². The first kappa shape index (κ1) is 19.4. The number of likely N-dealkylation sites (tertiary alicyclic amines) is 1. The Labute approximate surface area is 171 Å². The van der Waals surface area contributed by atoms with Crippen molar-refractivity contribution in [1.29, 1.82) is 0 Å². The lowest BCUT2D eigenvalue weighted by Crippen LogP contribution is -2.40. The van der Waals surface area contributed by atoms with Crippen molar-refractivity contribution in [2.45, 2.75) is 31.8 Å². The number of hydrogen-bond acceptors (Lipinski definition) is 4. The van der Waals surface area contributed by atoms with E-state index in [0.717, 1.165) is 48.5 Å². The summed E-state index contributed by atoms with van der Waals surface area (Å²) in [5.41, 5.74) is 2.81. The first-order valence-electron chi connectivity index (χ1n) is 10.2. The maximum absolute atomic E-state index is 12.6. The zero-order valence-electron chi connectivity index (χ0n) is 16.7. The molecule has 29 heavy (non-hydrogen) atoms. The molecule has 2 heterocycles. The van der Waals surface area contributed by atoms with Gasteiger partial charge < -0.3 is 14.1 Å². The third-order valence-corrected chi connectivity index (χ3v) is 5.44. The Morgan fingerprint density at radius 3 is 2.28 bits per heavy atom. The monoisotopic (exact) mass is 390 g/mol. The van der Waals surface area contributed by atoms with E-state index in [2.05, 4.69) is 0 Å². The number of benzene rings is 2. The number of ether oxygens (including phenoxy) is 1. The van der Waals surface area contributed by atoms with E-state index in [1.807, 2.05) is 65.6 Å². The van der Waals surface area contributed by atoms with Gasteiger partial charge in [0.05, 0.1) is 6.10 Å². The molecule has 0 radical (unpaired) electrons. The van der Waals surface area contributed by atoms with E-state index in [0.29, 0.717) is 18.7 Å². The van der Waals surface area contributed by atoms with Crippen molar-refractivity contribution < 1.29 is 13.9 Å². The van der Waals surface area contributed by atoms with Gasteiger partial charge in [-0.05, 0) is 12.8 Å². The average molecular weight is 390 g/mol. The summed E-state index contributed by atoms with van der Waals surface area (Å²) in [4.78, 5) is 19.3. The molecule has 1 aromatic heterocycles. The van der Waals surface area contributed by atoms with E-state index in [-0.39, 0.29) is 12.0 Å². The van der Waals surface area contributed by atoms with Gasteiger partial charge in [0.1, 0.15) is 5.69 Å². The first-order chi connectivity index (χ1) is 14.2. The van der Waals surface area contributed by atoms with E-state index >= 15 is 0 Å². The minimum atomic E-state index is 0.153. The highest BCUT2D eigenvalue weighted by molar-refractivity contribution is 5.78. The largest absolute Gasteiger partial charge is 0.440 e. The van der Waals surface area contributed by atoms with Gasteiger partial charge in [0.25, 0.3) is 0 Å². The van der Waals surface area contributed by atoms with Crippen LogP contribution in [0.25, 0.3) is 22.6 Å². The van der Waals surface area contributed by atoms with Gasteiger partial charge >= 0.3 is 0 Å². The van der Waals surface area contributed by atoms with Crippen molar-refractivity contribution >= 4 is 5.91 Å². The standard InChI is InChI=1S/C24H26N2O3/c1-28-20-14-16-26(17-15-20)22(27)13-12-21-25-23(18-8-4-2-5-9-18)24(29-21)19-10-6-3-7-11-19/h2-11,20H,12-17H2,1H3. The van der Waals surface area contributed by atoms with Crippen LogP contribution in [0.15, 0.2) is 65.1 Å². The molecule has 2 aromatic carbocycles. The average Bonchev–Trinajstić information content (AvgIpc) is 3.23. The van der Waals surface area contributed by atoms with Gasteiger partial charge in [-0.15, -0.1) is 0 Å². The third-order valence-electron chi connectivity index (χ3n) is 5.44. The number of oxazole rings is 1. The number of aromatic nitrogens is 1. The van der Waals surface area contributed by atoms with Gasteiger partial charge in [0.2, 0.25) is 5.91 Å². The number of aryl methyl sites for hydroxylation is 1. The Morgan fingerprint density at radius 1 is 1.03 bits per heavy atom. The number of carbonyl (C=O) groups excluding carboxylic acids is 1. The van der Waals surface area contributed by atoms with Crippen LogP contribution >= 0.6 is 0 Å². The first-order valence-corrected chi connectivity index (χ1v) is 10.2. The lowest BCUT2D eigenvalue weighted by molar-refractivity contribution is -0.133. The molecule has 5 nitrogen and oxygen atoms in total. The molecule has 150 valence electrons. The van der Waals surface area contributed by atoms with Crippen molar-refractivity contribution in [2.75, 3.05) is 20.2 Å². The Morgan fingerprint density at radius 2 is 1.66 bits per heavy atom. The highest BCUT2D eigenvalue weighted by Crippen LogP contribution is 2.32. The molecular weight excluding hydrogens is 364 g/mol. The number of carbonyl (C=O) groups is 1. The van der Waals surface area contributed by atoms with Crippen LogP contribution in [0.3, 0.4) is 0 Å². The summed E-state index contributed by atoms with van der Waals surface area (Å²) in [6.07, 6.45) is 2.97. The van der Waals surface area contributed by atoms with Crippen LogP contribution in [0.2, 0.25) is 0 Å². The Bertz CT molecular complexity index is 872. The van der Waals surface area contributed by atoms with Crippen molar-refractivity contribution in [3.63, 3.8) is 0 Å². The molecule has 0 unspecified atom stereocenters. The third kappa shape index (κ3) is 4.57. The van der Waals surface area contributed by atoms with Crippen molar-refractivity contribution in [3.05, 3.63) is 66.6 Å². The SMILES string of the molecule is COC1CCN(C(=O)CCc2nc(-c3ccccc3)c(-c3ccccc3)o2)CC1. The summed E-state index contributed by atoms with van der Waals surface area (Å²) < 4.78 is 11.5.